The molecule has 1 atom stereocenters. The maximum absolute atomic E-state index is 11.6. The number of thioether (sulfide) groups is 1. The molecule has 152 valence electrons. The van der Waals surface area contributed by atoms with Gasteiger partial charge in [-0.05, 0) is 59.7 Å². The SMILES string of the molecule is COC(=O)C(N)Cc1ccc(Oc2ccc(/C=C3/SC(=O)NC3=O)cc2)cc1.Cl. The van der Waals surface area contributed by atoms with E-state index in [0.29, 0.717) is 22.8 Å². The Morgan fingerprint density at radius 1 is 1.10 bits per heavy atom. The molecule has 9 heteroatoms. The van der Waals surface area contributed by atoms with Crippen molar-refractivity contribution in [1.29, 1.82) is 0 Å². The van der Waals surface area contributed by atoms with Gasteiger partial charge >= 0.3 is 5.97 Å². The molecule has 1 fully saturated rings. The summed E-state index contributed by atoms with van der Waals surface area (Å²) in [6, 6.07) is 13.7. The molecule has 1 heterocycles. The lowest BCUT2D eigenvalue weighted by atomic mass is 10.1. The van der Waals surface area contributed by atoms with Crippen molar-refractivity contribution < 1.29 is 23.9 Å². The second-order valence-corrected chi connectivity index (χ2v) is 7.02. The number of methoxy groups -OCH3 is 1. The first-order valence-electron chi connectivity index (χ1n) is 8.40. The maximum Gasteiger partial charge on any atom is 0.322 e. The number of benzene rings is 2. The highest BCUT2D eigenvalue weighted by atomic mass is 35.5. The zero-order chi connectivity index (χ0) is 20.1. The summed E-state index contributed by atoms with van der Waals surface area (Å²) in [4.78, 5) is 34.5. The number of carbonyl (C=O) groups is 3. The van der Waals surface area contributed by atoms with Crippen LogP contribution in [0.3, 0.4) is 0 Å². The van der Waals surface area contributed by atoms with E-state index in [1.54, 1.807) is 42.5 Å². The number of carbonyl (C=O) groups excluding carboxylic acids is 3. The Kier molecular flexibility index (Phi) is 7.83. The van der Waals surface area contributed by atoms with Gasteiger partial charge in [0.25, 0.3) is 11.1 Å². The number of esters is 1. The minimum absolute atomic E-state index is 0. The van der Waals surface area contributed by atoms with E-state index in [1.165, 1.54) is 7.11 Å². The smallest absolute Gasteiger partial charge is 0.322 e. The van der Waals surface area contributed by atoms with Gasteiger partial charge < -0.3 is 15.2 Å². The minimum atomic E-state index is -0.700. The van der Waals surface area contributed by atoms with Crippen LogP contribution in [0.25, 0.3) is 6.08 Å². The lowest BCUT2D eigenvalue weighted by Crippen LogP contribution is -2.33. The molecule has 0 saturated carbocycles. The van der Waals surface area contributed by atoms with Gasteiger partial charge in [-0.1, -0.05) is 24.3 Å². The van der Waals surface area contributed by atoms with Gasteiger partial charge in [0.05, 0.1) is 12.0 Å². The molecule has 1 saturated heterocycles. The van der Waals surface area contributed by atoms with Crippen LogP contribution in [-0.2, 0) is 20.7 Å². The maximum atomic E-state index is 11.6. The van der Waals surface area contributed by atoms with Crippen LogP contribution in [0.15, 0.2) is 53.4 Å². The molecule has 3 rings (SSSR count). The molecule has 2 aromatic carbocycles. The molecule has 0 spiro atoms. The number of halogens is 1. The quantitative estimate of drug-likeness (QED) is 0.530. The van der Waals surface area contributed by atoms with Crippen LogP contribution in [0.1, 0.15) is 11.1 Å². The third kappa shape index (κ3) is 6.08. The second kappa shape index (κ2) is 10.1. The molecule has 3 N–H and O–H groups in total. The normalized spacial score (nSPS) is 15.4. The Hall–Kier alpha value is -2.81. The van der Waals surface area contributed by atoms with Gasteiger partial charge in [0.15, 0.2) is 0 Å². The van der Waals surface area contributed by atoms with Gasteiger partial charge in [-0.15, -0.1) is 12.4 Å². The molecular weight excluding hydrogens is 416 g/mol. The second-order valence-electron chi connectivity index (χ2n) is 6.00. The number of rotatable bonds is 6. The monoisotopic (exact) mass is 434 g/mol. The van der Waals surface area contributed by atoms with Gasteiger partial charge in [0.1, 0.15) is 17.5 Å². The Morgan fingerprint density at radius 2 is 1.69 bits per heavy atom. The molecule has 2 amide bonds. The summed E-state index contributed by atoms with van der Waals surface area (Å²) in [5, 5.41) is 1.85. The van der Waals surface area contributed by atoms with E-state index in [2.05, 4.69) is 10.1 Å². The van der Waals surface area contributed by atoms with E-state index >= 15 is 0 Å². The summed E-state index contributed by atoms with van der Waals surface area (Å²) in [5.74, 6) is 0.425. The highest BCUT2D eigenvalue weighted by molar-refractivity contribution is 8.18. The van der Waals surface area contributed by atoms with Crippen molar-refractivity contribution in [2.75, 3.05) is 7.11 Å². The van der Waals surface area contributed by atoms with Gasteiger partial charge in [-0.3, -0.25) is 19.7 Å². The third-order valence-corrected chi connectivity index (χ3v) is 4.75. The average molecular weight is 435 g/mol. The highest BCUT2D eigenvalue weighted by Gasteiger charge is 2.24. The Labute approximate surface area is 178 Å². The van der Waals surface area contributed by atoms with Crippen LogP contribution in [0.2, 0.25) is 0 Å². The Balaban J connectivity index is 0.00000300. The zero-order valence-corrected chi connectivity index (χ0v) is 17.0. The predicted molar refractivity (Wildman–Crippen MR) is 113 cm³/mol. The van der Waals surface area contributed by atoms with Crippen LogP contribution in [0.5, 0.6) is 11.5 Å². The Morgan fingerprint density at radius 3 is 2.21 bits per heavy atom. The number of hydrogen-bond acceptors (Lipinski definition) is 7. The molecule has 0 aliphatic carbocycles. The van der Waals surface area contributed by atoms with Crippen LogP contribution in [0.4, 0.5) is 4.79 Å². The molecule has 29 heavy (non-hydrogen) atoms. The Bertz CT molecular complexity index is 929. The molecular formula is C20H19ClN2O5S. The average Bonchev–Trinajstić information content (AvgIpc) is 3.01. The molecule has 0 radical (unpaired) electrons. The van der Waals surface area contributed by atoms with Crippen LogP contribution in [-0.4, -0.2) is 30.3 Å². The summed E-state index contributed by atoms with van der Waals surface area (Å²) in [5.41, 5.74) is 7.44. The summed E-state index contributed by atoms with van der Waals surface area (Å²) in [6.07, 6.45) is 2.03. The van der Waals surface area contributed by atoms with Gasteiger partial charge in [0.2, 0.25) is 0 Å². The first kappa shape index (κ1) is 22.5. The van der Waals surface area contributed by atoms with Crippen molar-refractivity contribution in [3.05, 3.63) is 64.6 Å². The van der Waals surface area contributed by atoms with Crippen molar-refractivity contribution in [3.8, 4) is 11.5 Å². The number of imide groups is 1. The van der Waals surface area contributed by atoms with Crippen molar-refractivity contribution in [2.45, 2.75) is 12.5 Å². The van der Waals surface area contributed by atoms with Gasteiger partial charge in [-0.2, -0.15) is 0 Å². The standard InChI is InChI=1S/C20H18N2O5S.ClH/c1-26-19(24)16(21)10-12-2-6-14(7-3-12)27-15-8-4-13(5-9-15)11-17-18(23)22-20(25)28-17;/h2-9,11,16H,10,21H2,1H3,(H,22,23,25);1H/b17-11+;. The summed E-state index contributed by atoms with van der Waals surface area (Å²) >= 11 is 0.876. The fourth-order valence-corrected chi connectivity index (χ4v) is 3.21. The van der Waals surface area contributed by atoms with E-state index in [0.717, 1.165) is 22.9 Å². The predicted octanol–water partition coefficient (Wildman–Crippen LogP) is 3.27. The van der Waals surface area contributed by atoms with Crippen LogP contribution >= 0.6 is 24.2 Å². The van der Waals surface area contributed by atoms with Crippen LogP contribution in [0, 0.1) is 0 Å². The molecule has 7 nitrogen and oxygen atoms in total. The van der Waals surface area contributed by atoms with Crippen molar-refractivity contribution in [3.63, 3.8) is 0 Å². The zero-order valence-electron chi connectivity index (χ0n) is 15.4. The van der Waals surface area contributed by atoms with Crippen molar-refractivity contribution in [1.82, 2.24) is 5.32 Å². The lowest BCUT2D eigenvalue weighted by molar-refractivity contribution is -0.142. The molecule has 0 aromatic heterocycles. The molecule has 0 bridgehead atoms. The summed E-state index contributed by atoms with van der Waals surface area (Å²) < 4.78 is 10.4. The number of amides is 2. The van der Waals surface area contributed by atoms with E-state index in [-0.39, 0.29) is 23.6 Å². The molecule has 1 aliphatic rings. The third-order valence-electron chi connectivity index (χ3n) is 3.94. The van der Waals surface area contributed by atoms with E-state index < -0.39 is 12.0 Å². The summed E-state index contributed by atoms with van der Waals surface area (Å²) in [6.45, 7) is 0. The highest BCUT2D eigenvalue weighted by Crippen LogP contribution is 2.27. The van der Waals surface area contributed by atoms with Gasteiger partial charge in [0, 0.05) is 0 Å². The number of nitrogens with one attached hydrogen (secondary N) is 1. The van der Waals surface area contributed by atoms with Crippen molar-refractivity contribution >= 4 is 47.4 Å². The van der Waals surface area contributed by atoms with Crippen molar-refractivity contribution in [2.24, 2.45) is 5.73 Å². The summed E-state index contributed by atoms with van der Waals surface area (Å²) in [7, 11) is 1.31. The minimum Gasteiger partial charge on any atom is -0.468 e. The van der Waals surface area contributed by atoms with Crippen LogP contribution < -0.4 is 15.8 Å². The number of ether oxygens (including phenoxy) is 2. The first-order chi connectivity index (χ1) is 13.4. The largest absolute Gasteiger partial charge is 0.468 e. The number of hydrogen-bond donors (Lipinski definition) is 2. The van der Waals surface area contributed by atoms with Gasteiger partial charge in [-0.25, -0.2) is 0 Å². The number of nitrogens with two attached hydrogens (primary N) is 1. The topological polar surface area (TPSA) is 108 Å². The molecule has 2 aromatic rings. The van der Waals surface area contributed by atoms with E-state index in [4.69, 9.17) is 10.5 Å². The fraction of sp³-hybridized carbons (Fsp3) is 0.150. The van der Waals surface area contributed by atoms with E-state index in [9.17, 15) is 14.4 Å². The van der Waals surface area contributed by atoms with E-state index in [1.807, 2.05) is 12.1 Å². The fourth-order valence-electron chi connectivity index (χ4n) is 2.52. The first-order valence-corrected chi connectivity index (χ1v) is 9.21. The molecule has 1 unspecified atom stereocenters. The lowest BCUT2D eigenvalue weighted by Gasteiger charge is -2.10. The molecule has 1 aliphatic heterocycles.